The van der Waals surface area contributed by atoms with Gasteiger partial charge in [0.15, 0.2) is 0 Å². The average Bonchev–Trinajstić information content (AvgIpc) is 2.65. The van der Waals surface area contributed by atoms with Gasteiger partial charge in [-0.15, -0.1) is 0 Å². The van der Waals surface area contributed by atoms with E-state index >= 15 is 0 Å². The standard InChI is InChI=1S/C14H21BrN4O/c1-3-16-13-12(9-11(15)10-17-13)14(20)19-6-4-5-18(2)7-8-19/h9-10H,3-8H2,1-2H3,(H,16,17). The van der Waals surface area contributed by atoms with Crippen LogP contribution >= 0.6 is 15.9 Å². The van der Waals surface area contributed by atoms with Crippen LogP contribution < -0.4 is 5.32 Å². The van der Waals surface area contributed by atoms with Gasteiger partial charge in [-0.2, -0.15) is 0 Å². The van der Waals surface area contributed by atoms with Gasteiger partial charge in [-0.25, -0.2) is 4.98 Å². The Labute approximate surface area is 128 Å². The molecule has 1 aliphatic heterocycles. The summed E-state index contributed by atoms with van der Waals surface area (Å²) in [5.41, 5.74) is 0.644. The third-order valence-electron chi connectivity index (χ3n) is 3.44. The van der Waals surface area contributed by atoms with E-state index in [0.717, 1.165) is 43.6 Å². The van der Waals surface area contributed by atoms with Gasteiger partial charge >= 0.3 is 0 Å². The number of pyridine rings is 1. The molecule has 20 heavy (non-hydrogen) atoms. The van der Waals surface area contributed by atoms with Crippen molar-refractivity contribution in [2.45, 2.75) is 13.3 Å². The minimum atomic E-state index is 0.0602. The molecular weight excluding hydrogens is 320 g/mol. The van der Waals surface area contributed by atoms with E-state index < -0.39 is 0 Å². The monoisotopic (exact) mass is 340 g/mol. The Morgan fingerprint density at radius 1 is 1.40 bits per heavy atom. The average molecular weight is 341 g/mol. The zero-order valence-electron chi connectivity index (χ0n) is 12.0. The Morgan fingerprint density at radius 2 is 2.20 bits per heavy atom. The molecule has 1 aromatic heterocycles. The Bertz CT molecular complexity index is 480. The van der Waals surface area contributed by atoms with Crippen LogP contribution in [0.25, 0.3) is 0 Å². The zero-order valence-corrected chi connectivity index (χ0v) is 13.6. The van der Waals surface area contributed by atoms with E-state index in [4.69, 9.17) is 0 Å². The molecular formula is C14H21BrN4O. The van der Waals surface area contributed by atoms with E-state index in [0.29, 0.717) is 11.4 Å². The SMILES string of the molecule is CCNc1ncc(Br)cc1C(=O)N1CCCN(C)CC1. The van der Waals surface area contributed by atoms with Gasteiger partial charge in [-0.1, -0.05) is 0 Å². The number of amides is 1. The van der Waals surface area contributed by atoms with Gasteiger partial charge in [0, 0.05) is 36.8 Å². The number of nitrogens with zero attached hydrogens (tertiary/aromatic N) is 3. The van der Waals surface area contributed by atoms with Crippen LogP contribution in [-0.4, -0.2) is 60.5 Å². The van der Waals surface area contributed by atoms with E-state index in [9.17, 15) is 4.79 Å². The summed E-state index contributed by atoms with van der Waals surface area (Å²) < 4.78 is 0.828. The second-order valence-electron chi connectivity index (χ2n) is 5.03. The minimum Gasteiger partial charge on any atom is -0.370 e. The highest BCUT2D eigenvalue weighted by Crippen LogP contribution is 2.20. The van der Waals surface area contributed by atoms with E-state index in [2.05, 4.69) is 38.2 Å². The van der Waals surface area contributed by atoms with E-state index in [1.165, 1.54) is 0 Å². The molecule has 2 heterocycles. The minimum absolute atomic E-state index is 0.0602. The van der Waals surface area contributed by atoms with Crippen LogP contribution in [0.1, 0.15) is 23.7 Å². The highest BCUT2D eigenvalue weighted by molar-refractivity contribution is 9.10. The Kier molecular flexibility index (Phi) is 5.37. The molecule has 0 aromatic carbocycles. The highest BCUT2D eigenvalue weighted by atomic mass is 79.9. The second kappa shape index (κ2) is 7.04. The molecule has 5 nitrogen and oxygen atoms in total. The van der Waals surface area contributed by atoms with Crippen LogP contribution in [0.15, 0.2) is 16.7 Å². The molecule has 0 spiro atoms. The van der Waals surface area contributed by atoms with Crippen LogP contribution in [0.3, 0.4) is 0 Å². The van der Waals surface area contributed by atoms with Crippen molar-refractivity contribution in [3.63, 3.8) is 0 Å². The first-order valence-electron chi connectivity index (χ1n) is 6.99. The molecule has 0 aliphatic carbocycles. The van der Waals surface area contributed by atoms with Crippen LogP contribution in [0.5, 0.6) is 0 Å². The van der Waals surface area contributed by atoms with Crippen molar-refractivity contribution in [1.29, 1.82) is 0 Å². The summed E-state index contributed by atoms with van der Waals surface area (Å²) in [6.45, 7) is 6.29. The van der Waals surface area contributed by atoms with Gasteiger partial charge < -0.3 is 15.1 Å². The van der Waals surface area contributed by atoms with Gasteiger partial charge in [-0.05, 0) is 48.9 Å². The zero-order chi connectivity index (χ0) is 14.5. The molecule has 110 valence electrons. The molecule has 0 atom stereocenters. The summed E-state index contributed by atoms with van der Waals surface area (Å²) in [6.07, 6.45) is 2.73. The summed E-state index contributed by atoms with van der Waals surface area (Å²) in [5, 5.41) is 3.16. The van der Waals surface area contributed by atoms with Gasteiger partial charge in [-0.3, -0.25) is 4.79 Å². The third-order valence-corrected chi connectivity index (χ3v) is 3.87. The molecule has 0 bridgehead atoms. The van der Waals surface area contributed by atoms with Gasteiger partial charge in [0.1, 0.15) is 5.82 Å². The fourth-order valence-corrected chi connectivity index (χ4v) is 2.66. The first-order chi connectivity index (χ1) is 9.61. The van der Waals surface area contributed by atoms with Gasteiger partial charge in [0.05, 0.1) is 5.56 Å². The first kappa shape index (κ1) is 15.3. The van der Waals surface area contributed by atoms with Crippen LogP contribution in [0.4, 0.5) is 5.82 Å². The Morgan fingerprint density at radius 3 is 2.95 bits per heavy atom. The topological polar surface area (TPSA) is 48.5 Å². The van der Waals surface area contributed by atoms with Crippen molar-refractivity contribution < 1.29 is 4.79 Å². The maximum Gasteiger partial charge on any atom is 0.257 e. The number of nitrogens with one attached hydrogen (secondary N) is 1. The lowest BCUT2D eigenvalue weighted by atomic mass is 10.2. The number of rotatable bonds is 3. The maximum absolute atomic E-state index is 12.7. The largest absolute Gasteiger partial charge is 0.370 e. The third kappa shape index (κ3) is 3.70. The summed E-state index contributed by atoms with van der Waals surface area (Å²) in [7, 11) is 2.10. The number of likely N-dealkylation sites (N-methyl/N-ethyl adjacent to an activating group) is 1. The molecule has 1 N–H and O–H groups in total. The first-order valence-corrected chi connectivity index (χ1v) is 7.78. The fourth-order valence-electron chi connectivity index (χ4n) is 2.33. The molecule has 2 rings (SSSR count). The van der Waals surface area contributed by atoms with Crippen molar-refractivity contribution in [3.8, 4) is 0 Å². The summed E-state index contributed by atoms with van der Waals surface area (Å²) >= 11 is 3.40. The molecule has 0 radical (unpaired) electrons. The van der Waals surface area contributed by atoms with Crippen molar-refractivity contribution in [1.82, 2.24) is 14.8 Å². The van der Waals surface area contributed by atoms with Crippen LogP contribution in [0, 0.1) is 0 Å². The predicted molar refractivity (Wildman–Crippen MR) is 84.1 cm³/mol. The number of aromatic nitrogens is 1. The predicted octanol–water partition coefficient (Wildman–Crippen LogP) is 2.05. The molecule has 1 fully saturated rings. The lowest BCUT2D eigenvalue weighted by Crippen LogP contribution is -2.35. The van der Waals surface area contributed by atoms with Crippen molar-refractivity contribution in [2.24, 2.45) is 0 Å². The van der Waals surface area contributed by atoms with Gasteiger partial charge in [0.25, 0.3) is 5.91 Å². The number of halogens is 1. The van der Waals surface area contributed by atoms with Gasteiger partial charge in [0.2, 0.25) is 0 Å². The van der Waals surface area contributed by atoms with Crippen LogP contribution in [0.2, 0.25) is 0 Å². The Balaban J connectivity index is 2.21. The smallest absolute Gasteiger partial charge is 0.257 e. The van der Waals surface area contributed by atoms with E-state index in [-0.39, 0.29) is 5.91 Å². The molecule has 0 unspecified atom stereocenters. The summed E-state index contributed by atoms with van der Waals surface area (Å²) in [6, 6.07) is 1.85. The maximum atomic E-state index is 12.7. The quantitative estimate of drug-likeness (QED) is 0.914. The number of hydrogen-bond donors (Lipinski definition) is 1. The number of carbonyl (C=O) groups excluding carboxylic acids is 1. The highest BCUT2D eigenvalue weighted by Gasteiger charge is 2.22. The van der Waals surface area contributed by atoms with E-state index in [1.54, 1.807) is 6.20 Å². The Hall–Kier alpha value is -1.14. The molecule has 6 heteroatoms. The number of hydrogen-bond acceptors (Lipinski definition) is 4. The molecule has 1 amide bonds. The molecule has 0 saturated carbocycles. The number of carbonyl (C=O) groups is 1. The fraction of sp³-hybridized carbons (Fsp3) is 0.571. The molecule has 1 aromatic rings. The number of anilines is 1. The normalized spacial score (nSPS) is 16.9. The lowest BCUT2D eigenvalue weighted by Gasteiger charge is -2.22. The van der Waals surface area contributed by atoms with Crippen molar-refractivity contribution in [2.75, 3.05) is 45.1 Å². The molecule has 1 saturated heterocycles. The lowest BCUT2D eigenvalue weighted by molar-refractivity contribution is 0.0763. The van der Waals surface area contributed by atoms with Crippen molar-refractivity contribution >= 4 is 27.7 Å². The second-order valence-corrected chi connectivity index (χ2v) is 5.94. The van der Waals surface area contributed by atoms with Crippen molar-refractivity contribution in [3.05, 3.63) is 22.3 Å². The van der Waals surface area contributed by atoms with E-state index in [1.807, 2.05) is 17.9 Å². The van der Waals surface area contributed by atoms with Crippen LogP contribution in [-0.2, 0) is 0 Å². The molecule has 1 aliphatic rings. The summed E-state index contributed by atoms with van der Waals surface area (Å²) in [5.74, 6) is 0.725. The summed E-state index contributed by atoms with van der Waals surface area (Å²) in [4.78, 5) is 21.2.